The summed E-state index contributed by atoms with van der Waals surface area (Å²) in [4.78, 5) is 6.73. The number of aliphatic hydroxyl groups is 1. The van der Waals surface area contributed by atoms with Crippen molar-refractivity contribution in [1.82, 2.24) is 5.32 Å². The molecule has 5 heteroatoms. The summed E-state index contributed by atoms with van der Waals surface area (Å²) in [7, 11) is 0. The van der Waals surface area contributed by atoms with Crippen LogP contribution >= 0.6 is 0 Å². The topological polar surface area (TPSA) is 47.9 Å². The van der Waals surface area contributed by atoms with Crippen molar-refractivity contribution >= 4 is 11.6 Å². The average molecular weight is 327 g/mol. The molecule has 3 rings (SSSR count). The molecule has 0 aromatic heterocycles. The van der Waals surface area contributed by atoms with Gasteiger partial charge in [0.1, 0.15) is 5.82 Å². The van der Waals surface area contributed by atoms with Crippen LogP contribution < -0.4 is 10.2 Å². The Morgan fingerprint density at radius 1 is 1.25 bits per heavy atom. The SMILES string of the molecule is CCNC(=NCC(O)c1ccc(F)cc1)N1CCc2ccccc21. The van der Waals surface area contributed by atoms with E-state index in [1.165, 1.54) is 17.7 Å². The lowest BCUT2D eigenvalue weighted by molar-refractivity contribution is 0.187. The van der Waals surface area contributed by atoms with Crippen molar-refractivity contribution in [2.75, 3.05) is 24.5 Å². The standard InChI is InChI=1S/C19H22FN3O/c1-2-21-19(23-12-11-14-5-3-4-6-17(14)23)22-13-18(24)15-7-9-16(20)10-8-15/h3-10,18,24H,2,11-13H2,1H3,(H,21,22). The van der Waals surface area contributed by atoms with Crippen molar-refractivity contribution < 1.29 is 9.50 Å². The molecule has 24 heavy (non-hydrogen) atoms. The minimum absolute atomic E-state index is 0.229. The molecular formula is C19H22FN3O. The highest BCUT2D eigenvalue weighted by molar-refractivity contribution is 5.97. The number of hydrogen-bond acceptors (Lipinski definition) is 2. The quantitative estimate of drug-likeness (QED) is 0.670. The highest BCUT2D eigenvalue weighted by atomic mass is 19.1. The Morgan fingerprint density at radius 2 is 2.00 bits per heavy atom. The monoisotopic (exact) mass is 327 g/mol. The van der Waals surface area contributed by atoms with E-state index in [4.69, 9.17) is 0 Å². The van der Waals surface area contributed by atoms with Gasteiger partial charge in [0.05, 0.1) is 12.6 Å². The van der Waals surface area contributed by atoms with E-state index in [0.717, 1.165) is 31.2 Å². The van der Waals surface area contributed by atoms with E-state index in [-0.39, 0.29) is 12.4 Å². The van der Waals surface area contributed by atoms with Crippen LogP contribution in [0.2, 0.25) is 0 Å². The minimum atomic E-state index is -0.753. The first-order valence-electron chi connectivity index (χ1n) is 8.26. The summed E-state index contributed by atoms with van der Waals surface area (Å²) in [5, 5.41) is 13.6. The molecule has 0 radical (unpaired) electrons. The number of aliphatic hydroxyl groups excluding tert-OH is 1. The van der Waals surface area contributed by atoms with Crippen LogP contribution in [0.5, 0.6) is 0 Å². The number of rotatable bonds is 4. The molecule has 1 aliphatic heterocycles. The summed E-state index contributed by atoms with van der Waals surface area (Å²) >= 11 is 0. The Bertz CT molecular complexity index is 715. The molecular weight excluding hydrogens is 305 g/mol. The molecule has 2 aromatic rings. The number of hydrogen-bond donors (Lipinski definition) is 2. The van der Waals surface area contributed by atoms with Crippen LogP contribution in [0.4, 0.5) is 10.1 Å². The summed E-state index contributed by atoms with van der Waals surface area (Å²) in [6.45, 7) is 3.88. The van der Waals surface area contributed by atoms with Gasteiger partial charge in [-0.1, -0.05) is 30.3 Å². The normalized spacial score (nSPS) is 15.3. The lowest BCUT2D eigenvalue weighted by Crippen LogP contribution is -2.40. The largest absolute Gasteiger partial charge is 0.386 e. The van der Waals surface area contributed by atoms with Crippen LogP contribution in [0.1, 0.15) is 24.2 Å². The third kappa shape index (κ3) is 3.57. The highest BCUT2D eigenvalue weighted by Gasteiger charge is 2.22. The van der Waals surface area contributed by atoms with Gasteiger partial charge in [-0.25, -0.2) is 9.38 Å². The number of halogens is 1. The molecule has 1 atom stereocenters. The molecule has 2 aromatic carbocycles. The molecule has 1 heterocycles. The number of nitrogens with one attached hydrogen (secondary N) is 1. The number of benzene rings is 2. The first-order valence-corrected chi connectivity index (χ1v) is 8.26. The first kappa shape index (κ1) is 16.5. The maximum absolute atomic E-state index is 13.0. The zero-order valence-electron chi connectivity index (χ0n) is 13.7. The summed E-state index contributed by atoms with van der Waals surface area (Å²) < 4.78 is 13.0. The summed E-state index contributed by atoms with van der Waals surface area (Å²) in [6.07, 6.45) is 0.235. The van der Waals surface area contributed by atoms with Crippen LogP contribution in [-0.4, -0.2) is 30.7 Å². The van der Waals surface area contributed by atoms with Gasteiger partial charge in [0.15, 0.2) is 5.96 Å². The maximum atomic E-state index is 13.0. The Morgan fingerprint density at radius 3 is 2.75 bits per heavy atom. The van der Waals surface area contributed by atoms with Crippen molar-refractivity contribution in [3.05, 3.63) is 65.5 Å². The molecule has 0 aliphatic carbocycles. The van der Waals surface area contributed by atoms with Crippen LogP contribution in [0.25, 0.3) is 0 Å². The number of aliphatic imine (C=N–C) groups is 1. The van der Waals surface area contributed by atoms with Crippen LogP contribution in [0, 0.1) is 5.82 Å². The molecule has 0 spiro atoms. The Labute approximate surface area is 141 Å². The van der Waals surface area contributed by atoms with E-state index < -0.39 is 6.10 Å². The summed E-state index contributed by atoms with van der Waals surface area (Å²) in [6, 6.07) is 14.2. The van der Waals surface area contributed by atoms with Crippen molar-refractivity contribution in [3.63, 3.8) is 0 Å². The predicted octanol–water partition coefficient (Wildman–Crippen LogP) is 2.89. The average Bonchev–Trinajstić information content (AvgIpc) is 3.03. The van der Waals surface area contributed by atoms with E-state index in [1.54, 1.807) is 12.1 Å². The second kappa shape index (κ2) is 7.45. The number of guanidine groups is 1. The Balaban J connectivity index is 1.76. The molecule has 0 bridgehead atoms. The molecule has 1 unspecified atom stereocenters. The smallest absolute Gasteiger partial charge is 0.198 e. The van der Waals surface area contributed by atoms with Crippen molar-refractivity contribution in [2.24, 2.45) is 4.99 Å². The van der Waals surface area contributed by atoms with Gasteiger partial charge in [0, 0.05) is 18.8 Å². The van der Waals surface area contributed by atoms with Gasteiger partial charge in [0.2, 0.25) is 0 Å². The fourth-order valence-electron chi connectivity index (χ4n) is 2.92. The lowest BCUT2D eigenvalue weighted by Gasteiger charge is -2.22. The van der Waals surface area contributed by atoms with Crippen molar-refractivity contribution in [2.45, 2.75) is 19.4 Å². The van der Waals surface area contributed by atoms with E-state index in [9.17, 15) is 9.50 Å². The van der Waals surface area contributed by atoms with Gasteiger partial charge in [-0.15, -0.1) is 0 Å². The Kier molecular flexibility index (Phi) is 5.11. The van der Waals surface area contributed by atoms with Crippen molar-refractivity contribution in [3.8, 4) is 0 Å². The molecule has 1 aliphatic rings. The van der Waals surface area contributed by atoms with Crippen LogP contribution in [0.3, 0.4) is 0 Å². The van der Waals surface area contributed by atoms with Gasteiger partial charge in [-0.05, 0) is 42.7 Å². The molecule has 0 amide bonds. The lowest BCUT2D eigenvalue weighted by atomic mass is 10.1. The second-order valence-corrected chi connectivity index (χ2v) is 5.79. The van der Waals surface area contributed by atoms with Crippen LogP contribution in [0.15, 0.2) is 53.5 Å². The highest BCUT2D eigenvalue weighted by Crippen LogP contribution is 2.27. The second-order valence-electron chi connectivity index (χ2n) is 5.79. The van der Waals surface area contributed by atoms with Gasteiger partial charge in [-0.2, -0.15) is 0 Å². The molecule has 0 saturated heterocycles. The van der Waals surface area contributed by atoms with Gasteiger partial charge >= 0.3 is 0 Å². The van der Waals surface area contributed by atoms with Crippen LogP contribution in [-0.2, 0) is 6.42 Å². The third-order valence-electron chi connectivity index (χ3n) is 4.15. The number of fused-ring (bicyclic) bond motifs is 1. The summed E-state index contributed by atoms with van der Waals surface area (Å²) in [5.74, 6) is 0.458. The first-order chi connectivity index (χ1) is 11.7. The van der Waals surface area contributed by atoms with E-state index in [1.807, 2.05) is 19.1 Å². The van der Waals surface area contributed by atoms with Gasteiger partial charge in [0.25, 0.3) is 0 Å². The van der Waals surface area contributed by atoms with E-state index in [0.29, 0.717) is 5.56 Å². The molecule has 0 saturated carbocycles. The zero-order valence-corrected chi connectivity index (χ0v) is 13.7. The third-order valence-corrected chi connectivity index (χ3v) is 4.15. The molecule has 126 valence electrons. The molecule has 4 nitrogen and oxygen atoms in total. The zero-order chi connectivity index (χ0) is 16.9. The number of para-hydroxylation sites is 1. The van der Waals surface area contributed by atoms with E-state index >= 15 is 0 Å². The van der Waals surface area contributed by atoms with E-state index in [2.05, 4.69) is 27.3 Å². The van der Waals surface area contributed by atoms with Crippen molar-refractivity contribution in [1.29, 1.82) is 0 Å². The van der Waals surface area contributed by atoms with Gasteiger partial charge < -0.3 is 15.3 Å². The molecule has 0 fully saturated rings. The summed E-state index contributed by atoms with van der Waals surface area (Å²) in [5.41, 5.74) is 3.13. The maximum Gasteiger partial charge on any atom is 0.198 e. The van der Waals surface area contributed by atoms with Gasteiger partial charge in [-0.3, -0.25) is 0 Å². The Hall–Kier alpha value is -2.40. The number of anilines is 1. The fourth-order valence-corrected chi connectivity index (χ4v) is 2.92. The predicted molar refractivity (Wildman–Crippen MR) is 94.8 cm³/mol. The fraction of sp³-hybridized carbons (Fsp3) is 0.316. The molecule has 2 N–H and O–H groups in total. The number of nitrogens with zero attached hydrogens (tertiary/aromatic N) is 2. The minimum Gasteiger partial charge on any atom is -0.386 e.